The summed E-state index contributed by atoms with van der Waals surface area (Å²) >= 11 is 5.95. The third kappa shape index (κ3) is 4.18. The van der Waals surface area contributed by atoms with Gasteiger partial charge in [0.1, 0.15) is 5.75 Å². The van der Waals surface area contributed by atoms with Crippen LogP contribution in [-0.4, -0.2) is 37.0 Å². The van der Waals surface area contributed by atoms with Crippen molar-refractivity contribution in [1.29, 1.82) is 0 Å². The molecule has 132 valence electrons. The zero-order valence-electron chi connectivity index (χ0n) is 12.8. The smallest absolute Gasteiger partial charge is 0.419 e. The van der Waals surface area contributed by atoms with E-state index in [-0.39, 0.29) is 36.0 Å². The van der Waals surface area contributed by atoms with Crippen LogP contribution < -0.4 is 20.9 Å². The highest BCUT2D eigenvalue weighted by molar-refractivity contribution is 6.31. The molecule has 10 heteroatoms. The van der Waals surface area contributed by atoms with Gasteiger partial charge in [0.25, 0.3) is 0 Å². The number of halogens is 2. The van der Waals surface area contributed by atoms with E-state index in [0.717, 1.165) is 0 Å². The Kier molecular flexibility index (Phi) is 6.04. The highest BCUT2D eigenvalue weighted by Crippen LogP contribution is 2.38. The summed E-state index contributed by atoms with van der Waals surface area (Å²) in [6.07, 6.45) is -2.39. The predicted molar refractivity (Wildman–Crippen MR) is 82.7 cm³/mol. The van der Waals surface area contributed by atoms with Gasteiger partial charge in [0.05, 0.1) is 23.7 Å². The number of carbonyl (C=O) groups is 2. The number of benzene rings is 1. The van der Waals surface area contributed by atoms with Crippen LogP contribution in [0.5, 0.6) is 5.75 Å². The standard InChI is InChI=1S/C14H17ClFN3O5/c1-2-23-12-7(3-4-18-19-13(20)21)5-8(15)11(16)10(12)9-6-17-14(22)24-9/h5,9,18-19H,2-4,6H2,1H3,(H,17,22)(H,20,21)/t9-/m0/s1. The predicted octanol–water partition coefficient (Wildman–Crippen LogP) is 1.97. The van der Waals surface area contributed by atoms with Gasteiger partial charge < -0.3 is 19.9 Å². The van der Waals surface area contributed by atoms with Gasteiger partial charge in [-0.1, -0.05) is 11.6 Å². The highest BCUT2D eigenvalue weighted by Gasteiger charge is 2.32. The number of carboxylic acid groups (broad SMARTS) is 1. The van der Waals surface area contributed by atoms with Crippen LogP contribution >= 0.6 is 11.6 Å². The van der Waals surface area contributed by atoms with Crippen LogP contribution in [0.4, 0.5) is 14.0 Å². The summed E-state index contributed by atoms with van der Waals surface area (Å²) in [5.41, 5.74) is 5.14. The Morgan fingerprint density at radius 3 is 2.96 bits per heavy atom. The summed E-state index contributed by atoms with van der Waals surface area (Å²) in [7, 11) is 0. The van der Waals surface area contributed by atoms with Crippen molar-refractivity contribution in [3.8, 4) is 5.75 Å². The van der Waals surface area contributed by atoms with Crippen molar-refractivity contribution in [3.05, 3.63) is 28.0 Å². The number of carbonyl (C=O) groups excluding carboxylic acids is 1. The van der Waals surface area contributed by atoms with E-state index < -0.39 is 24.1 Å². The number of amides is 2. The molecular weight excluding hydrogens is 345 g/mol. The van der Waals surface area contributed by atoms with Gasteiger partial charge in [0, 0.05) is 6.54 Å². The number of nitrogens with one attached hydrogen (secondary N) is 3. The van der Waals surface area contributed by atoms with Crippen LogP contribution in [0, 0.1) is 5.82 Å². The highest BCUT2D eigenvalue weighted by atomic mass is 35.5. The summed E-state index contributed by atoms with van der Waals surface area (Å²) < 4.78 is 25.1. The van der Waals surface area contributed by atoms with Crippen LogP contribution in [-0.2, 0) is 11.2 Å². The molecule has 1 fully saturated rings. The Hall–Kier alpha value is -2.26. The van der Waals surface area contributed by atoms with Crippen molar-refractivity contribution >= 4 is 23.8 Å². The van der Waals surface area contributed by atoms with E-state index in [1.165, 1.54) is 6.07 Å². The SMILES string of the molecule is CCOc1c(CCNNC(=O)O)cc(Cl)c(F)c1[C@@H]1CNC(=O)O1. The quantitative estimate of drug-likeness (QED) is 0.437. The molecule has 4 N–H and O–H groups in total. The maximum Gasteiger partial charge on any atom is 0.419 e. The van der Waals surface area contributed by atoms with Gasteiger partial charge in [-0.15, -0.1) is 0 Å². The number of rotatable bonds is 7. The molecule has 1 aliphatic rings. The van der Waals surface area contributed by atoms with Gasteiger partial charge in [-0.25, -0.2) is 19.4 Å². The van der Waals surface area contributed by atoms with E-state index in [9.17, 15) is 14.0 Å². The second kappa shape index (κ2) is 8.02. The van der Waals surface area contributed by atoms with E-state index in [1.54, 1.807) is 6.92 Å². The molecule has 0 bridgehead atoms. The fourth-order valence-corrected chi connectivity index (χ4v) is 2.59. The Labute approximate surface area is 142 Å². The van der Waals surface area contributed by atoms with Gasteiger partial charge in [-0.3, -0.25) is 5.43 Å². The van der Waals surface area contributed by atoms with Crippen molar-refractivity contribution in [1.82, 2.24) is 16.2 Å². The molecule has 0 spiro atoms. The molecule has 1 heterocycles. The maximum atomic E-state index is 14.5. The lowest BCUT2D eigenvalue weighted by Gasteiger charge is -2.20. The van der Waals surface area contributed by atoms with Crippen LogP contribution in [0.15, 0.2) is 6.07 Å². The second-order valence-corrected chi connectivity index (χ2v) is 5.30. The normalized spacial score (nSPS) is 16.5. The maximum absolute atomic E-state index is 14.5. The molecule has 1 aromatic carbocycles. The lowest BCUT2D eigenvalue weighted by molar-refractivity contribution is 0.137. The van der Waals surface area contributed by atoms with Crippen LogP contribution in [0.1, 0.15) is 24.2 Å². The van der Waals surface area contributed by atoms with E-state index in [4.69, 9.17) is 26.2 Å². The minimum Gasteiger partial charge on any atom is -0.493 e. The Bertz CT molecular complexity index is 643. The van der Waals surface area contributed by atoms with Gasteiger partial charge >= 0.3 is 12.2 Å². The third-order valence-corrected chi connectivity index (χ3v) is 3.56. The van der Waals surface area contributed by atoms with Crippen LogP contribution in [0.3, 0.4) is 0 Å². The molecule has 8 nitrogen and oxygen atoms in total. The van der Waals surface area contributed by atoms with Gasteiger partial charge in [0.15, 0.2) is 11.9 Å². The average molecular weight is 362 g/mol. The zero-order valence-corrected chi connectivity index (χ0v) is 13.6. The third-order valence-electron chi connectivity index (χ3n) is 3.29. The summed E-state index contributed by atoms with van der Waals surface area (Å²) in [5.74, 6) is -0.458. The van der Waals surface area contributed by atoms with Crippen molar-refractivity contribution in [3.63, 3.8) is 0 Å². The van der Waals surface area contributed by atoms with E-state index >= 15 is 0 Å². The second-order valence-electron chi connectivity index (χ2n) is 4.89. The first kappa shape index (κ1) is 18.1. The van der Waals surface area contributed by atoms with Gasteiger partial charge in [-0.05, 0) is 25.0 Å². The fraction of sp³-hybridized carbons (Fsp3) is 0.429. The first-order chi connectivity index (χ1) is 11.4. The van der Waals surface area contributed by atoms with Crippen LogP contribution in [0.25, 0.3) is 0 Å². The molecule has 0 saturated carbocycles. The van der Waals surface area contributed by atoms with Gasteiger partial charge in [-0.2, -0.15) is 0 Å². The van der Waals surface area contributed by atoms with Crippen molar-refractivity contribution in [2.75, 3.05) is 19.7 Å². The molecule has 2 rings (SSSR count). The van der Waals surface area contributed by atoms with E-state index in [0.29, 0.717) is 12.0 Å². The summed E-state index contributed by atoms with van der Waals surface area (Å²) in [6, 6.07) is 1.41. The minimum atomic E-state index is -1.22. The first-order valence-electron chi connectivity index (χ1n) is 7.23. The number of hydrazine groups is 1. The van der Waals surface area contributed by atoms with Gasteiger partial charge in [0.2, 0.25) is 0 Å². The Morgan fingerprint density at radius 2 is 2.38 bits per heavy atom. The minimum absolute atomic E-state index is 0.0730. The monoisotopic (exact) mass is 361 g/mol. The lowest BCUT2D eigenvalue weighted by atomic mass is 10.0. The molecule has 1 atom stereocenters. The first-order valence-corrected chi connectivity index (χ1v) is 7.61. The topological polar surface area (TPSA) is 109 Å². The van der Waals surface area contributed by atoms with Crippen molar-refractivity contribution in [2.24, 2.45) is 0 Å². The molecule has 0 radical (unpaired) electrons. The lowest BCUT2D eigenvalue weighted by Crippen LogP contribution is -2.37. The number of ether oxygens (including phenoxy) is 2. The zero-order chi connectivity index (χ0) is 17.7. The molecule has 1 aromatic rings. The number of hydrogen-bond acceptors (Lipinski definition) is 5. The molecule has 0 aromatic heterocycles. The summed E-state index contributed by atoms with van der Waals surface area (Å²) in [4.78, 5) is 21.7. The van der Waals surface area contributed by atoms with Crippen molar-refractivity contribution in [2.45, 2.75) is 19.4 Å². The largest absolute Gasteiger partial charge is 0.493 e. The molecule has 2 amide bonds. The summed E-state index contributed by atoms with van der Waals surface area (Å²) in [6.45, 7) is 2.35. The average Bonchev–Trinajstić information content (AvgIpc) is 2.94. The molecule has 1 saturated heterocycles. The Balaban J connectivity index is 2.30. The molecule has 24 heavy (non-hydrogen) atoms. The molecule has 0 unspecified atom stereocenters. The van der Waals surface area contributed by atoms with Crippen LogP contribution in [0.2, 0.25) is 5.02 Å². The molecule has 1 aliphatic heterocycles. The molecule has 0 aliphatic carbocycles. The fourth-order valence-electron chi connectivity index (χ4n) is 2.36. The van der Waals surface area contributed by atoms with E-state index in [2.05, 4.69) is 10.7 Å². The number of hydrogen-bond donors (Lipinski definition) is 4. The Morgan fingerprint density at radius 1 is 1.62 bits per heavy atom. The van der Waals surface area contributed by atoms with Crippen molar-refractivity contribution < 1.29 is 28.6 Å². The number of alkyl carbamates (subject to hydrolysis) is 1. The molecular formula is C14H17ClFN3O5. The summed E-state index contributed by atoms with van der Waals surface area (Å²) in [5, 5.41) is 10.8. The number of cyclic esters (lactones) is 1. The van der Waals surface area contributed by atoms with E-state index in [1.807, 2.05) is 5.43 Å².